The first-order valence-electron chi connectivity index (χ1n) is 9.33. The summed E-state index contributed by atoms with van der Waals surface area (Å²) in [5.41, 5.74) is 6.56. The van der Waals surface area contributed by atoms with E-state index in [1.807, 2.05) is 0 Å². The first-order valence-corrected chi connectivity index (χ1v) is 9.33. The number of carbonyl (C=O) groups excluding carboxylic acids is 2. The highest BCUT2D eigenvalue weighted by molar-refractivity contribution is 6.03. The summed E-state index contributed by atoms with van der Waals surface area (Å²) in [7, 11) is 0. The third-order valence-electron chi connectivity index (χ3n) is 3.95. The fourth-order valence-corrected chi connectivity index (χ4v) is 2.45. The molecule has 1 rings (SSSR count). The molecule has 2 N–H and O–H groups in total. The lowest BCUT2D eigenvalue weighted by Gasteiger charge is -2.11. The zero-order valence-electron chi connectivity index (χ0n) is 15.5. The van der Waals surface area contributed by atoms with E-state index in [0.717, 1.165) is 51.4 Å². The van der Waals surface area contributed by atoms with E-state index < -0.39 is 11.9 Å². The highest BCUT2D eigenvalue weighted by atomic mass is 16.5. The molecule has 1 aromatic carbocycles. The Balaban J connectivity index is 2.61. The quantitative estimate of drug-likeness (QED) is 0.335. The molecule has 0 fully saturated rings. The lowest BCUT2D eigenvalue weighted by molar-refractivity contribution is 0.0450. The SMILES string of the molecule is CCCCCCOC(=O)c1ccc(N)cc1C(=O)OCCCCCC. The molecule has 140 valence electrons. The molecular weight excluding hydrogens is 318 g/mol. The van der Waals surface area contributed by atoms with Gasteiger partial charge in [0.2, 0.25) is 0 Å². The second-order valence-electron chi connectivity index (χ2n) is 6.20. The second-order valence-corrected chi connectivity index (χ2v) is 6.20. The van der Waals surface area contributed by atoms with Crippen molar-refractivity contribution in [3.05, 3.63) is 29.3 Å². The Kier molecular flexibility index (Phi) is 10.4. The maximum atomic E-state index is 12.3. The number of hydrogen-bond acceptors (Lipinski definition) is 5. The minimum absolute atomic E-state index is 0.175. The largest absolute Gasteiger partial charge is 0.462 e. The molecule has 0 unspecified atom stereocenters. The van der Waals surface area contributed by atoms with Gasteiger partial charge in [-0.2, -0.15) is 0 Å². The number of esters is 2. The van der Waals surface area contributed by atoms with Crippen molar-refractivity contribution in [3.8, 4) is 0 Å². The molecule has 0 saturated carbocycles. The highest BCUT2D eigenvalue weighted by Gasteiger charge is 2.19. The molecule has 0 amide bonds. The normalized spacial score (nSPS) is 10.5. The van der Waals surface area contributed by atoms with Crippen LogP contribution in [-0.2, 0) is 9.47 Å². The number of nitrogen functional groups attached to an aromatic ring is 1. The first kappa shape index (κ1) is 21.0. The highest BCUT2D eigenvalue weighted by Crippen LogP contribution is 2.17. The lowest BCUT2D eigenvalue weighted by Crippen LogP contribution is -2.15. The summed E-state index contributed by atoms with van der Waals surface area (Å²) in [5.74, 6) is -1.03. The number of unbranched alkanes of at least 4 members (excludes halogenated alkanes) is 6. The van der Waals surface area contributed by atoms with Crippen molar-refractivity contribution in [1.29, 1.82) is 0 Å². The van der Waals surface area contributed by atoms with Crippen molar-refractivity contribution in [3.63, 3.8) is 0 Å². The first-order chi connectivity index (χ1) is 12.1. The van der Waals surface area contributed by atoms with Gasteiger partial charge in [-0.3, -0.25) is 0 Å². The van der Waals surface area contributed by atoms with Gasteiger partial charge in [-0.05, 0) is 31.0 Å². The van der Waals surface area contributed by atoms with Crippen LogP contribution in [-0.4, -0.2) is 25.2 Å². The predicted octanol–water partition coefficient (Wildman–Crippen LogP) is 4.74. The molecule has 0 aliphatic carbocycles. The predicted molar refractivity (Wildman–Crippen MR) is 99.7 cm³/mol. The molecule has 5 nitrogen and oxygen atoms in total. The monoisotopic (exact) mass is 349 g/mol. The minimum Gasteiger partial charge on any atom is -0.462 e. The van der Waals surface area contributed by atoms with Crippen LogP contribution in [0.15, 0.2) is 18.2 Å². The Bertz CT molecular complexity index is 542. The van der Waals surface area contributed by atoms with Crippen LogP contribution < -0.4 is 5.73 Å². The second kappa shape index (κ2) is 12.3. The molecule has 0 heterocycles. The van der Waals surface area contributed by atoms with Gasteiger partial charge in [0, 0.05) is 5.69 Å². The van der Waals surface area contributed by atoms with Crippen molar-refractivity contribution < 1.29 is 19.1 Å². The number of carbonyl (C=O) groups is 2. The van der Waals surface area contributed by atoms with Crippen molar-refractivity contribution in [2.75, 3.05) is 18.9 Å². The van der Waals surface area contributed by atoms with Crippen LogP contribution in [0.2, 0.25) is 0 Å². The van der Waals surface area contributed by atoms with Gasteiger partial charge in [-0.25, -0.2) is 9.59 Å². The zero-order valence-corrected chi connectivity index (χ0v) is 15.5. The molecule has 1 aromatic rings. The fourth-order valence-electron chi connectivity index (χ4n) is 2.45. The van der Waals surface area contributed by atoms with Gasteiger partial charge < -0.3 is 15.2 Å². The summed E-state index contributed by atoms with van der Waals surface area (Å²) in [6.07, 6.45) is 8.18. The van der Waals surface area contributed by atoms with Gasteiger partial charge in [0.25, 0.3) is 0 Å². The molecule has 5 heteroatoms. The number of hydrogen-bond donors (Lipinski definition) is 1. The molecule has 0 saturated heterocycles. The van der Waals surface area contributed by atoms with E-state index in [2.05, 4.69) is 13.8 Å². The minimum atomic E-state index is -0.526. The zero-order chi connectivity index (χ0) is 18.5. The average molecular weight is 349 g/mol. The van der Waals surface area contributed by atoms with E-state index >= 15 is 0 Å². The summed E-state index contributed by atoms with van der Waals surface area (Å²) >= 11 is 0. The van der Waals surface area contributed by atoms with Crippen LogP contribution in [0.4, 0.5) is 5.69 Å². The molecule has 25 heavy (non-hydrogen) atoms. The maximum absolute atomic E-state index is 12.3. The summed E-state index contributed by atoms with van der Waals surface area (Å²) in [6, 6.07) is 4.59. The van der Waals surface area contributed by atoms with Crippen molar-refractivity contribution >= 4 is 17.6 Å². The Hall–Kier alpha value is -2.04. The molecule has 0 aliphatic heterocycles. The Morgan fingerprint density at radius 1 is 0.800 bits per heavy atom. The van der Waals surface area contributed by atoms with E-state index in [1.165, 1.54) is 12.1 Å². The average Bonchev–Trinajstić information content (AvgIpc) is 2.61. The van der Waals surface area contributed by atoms with Crippen LogP contribution in [0, 0.1) is 0 Å². The fraction of sp³-hybridized carbons (Fsp3) is 0.600. The van der Waals surface area contributed by atoms with Crippen LogP contribution in [0.3, 0.4) is 0 Å². The molecular formula is C20H31NO4. The molecule has 0 aromatic heterocycles. The van der Waals surface area contributed by atoms with Crippen LogP contribution in [0.5, 0.6) is 0 Å². The number of benzene rings is 1. The van der Waals surface area contributed by atoms with Gasteiger partial charge >= 0.3 is 11.9 Å². The number of nitrogens with two attached hydrogens (primary N) is 1. The Morgan fingerprint density at radius 3 is 1.84 bits per heavy atom. The maximum Gasteiger partial charge on any atom is 0.339 e. The van der Waals surface area contributed by atoms with E-state index in [-0.39, 0.29) is 11.1 Å². The third kappa shape index (κ3) is 8.05. The van der Waals surface area contributed by atoms with Gasteiger partial charge in [-0.1, -0.05) is 52.4 Å². The topological polar surface area (TPSA) is 78.6 Å². The summed E-state index contributed by atoms with van der Waals surface area (Å²) in [6.45, 7) is 4.95. The number of ether oxygens (including phenoxy) is 2. The smallest absolute Gasteiger partial charge is 0.339 e. The molecule has 0 atom stereocenters. The van der Waals surface area contributed by atoms with Crippen LogP contribution >= 0.6 is 0 Å². The van der Waals surface area contributed by atoms with Gasteiger partial charge in [0.15, 0.2) is 0 Å². The van der Waals surface area contributed by atoms with Crippen molar-refractivity contribution in [1.82, 2.24) is 0 Å². The van der Waals surface area contributed by atoms with E-state index in [9.17, 15) is 9.59 Å². The van der Waals surface area contributed by atoms with Gasteiger partial charge in [0.1, 0.15) is 0 Å². The number of rotatable bonds is 12. The molecule has 0 spiro atoms. The summed E-state index contributed by atoms with van der Waals surface area (Å²) in [4.78, 5) is 24.5. The van der Waals surface area contributed by atoms with E-state index in [4.69, 9.17) is 15.2 Å². The van der Waals surface area contributed by atoms with Crippen LogP contribution in [0.25, 0.3) is 0 Å². The number of anilines is 1. The summed E-state index contributed by atoms with van der Waals surface area (Å²) < 4.78 is 10.6. The molecule has 0 bridgehead atoms. The van der Waals surface area contributed by atoms with Gasteiger partial charge in [-0.15, -0.1) is 0 Å². The summed E-state index contributed by atoms with van der Waals surface area (Å²) in [5, 5.41) is 0. The Labute approximate surface area is 150 Å². The lowest BCUT2D eigenvalue weighted by atomic mass is 10.1. The van der Waals surface area contributed by atoms with Crippen molar-refractivity contribution in [2.45, 2.75) is 65.2 Å². The van der Waals surface area contributed by atoms with E-state index in [0.29, 0.717) is 18.9 Å². The van der Waals surface area contributed by atoms with Gasteiger partial charge in [0.05, 0.1) is 24.3 Å². The standard InChI is InChI=1S/C20H31NO4/c1-3-5-7-9-13-24-19(22)17-12-11-16(21)15-18(17)20(23)25-14-10-8-6-4-2/h11-12,15H,3-10,13-14,21H2,1-2H3. The Morgan fingerprint density at radius 2 is 1.32 bits per heavy atom. The van der Waals surface area contributed by atoms with E-state index in [1.54, 1.807) is 6.07 Å². The van der Waals surface area contributed by atoms with Crippen molar-refractivity contribution in [2.24, 2.45) is 0 Å². The molecule has 0 aliphatic rings. The van der Waals surface area contributed by atoms with Crippen LogP contribution in [0.1, 0.15) is 85.9 Å². The third-order valence-corrected chi connectivity index (χ3v) is 3.95. The molecule has 0 radical (unpaired) electrons.